The summed E-state index contributed by atoms with van der Waals surface area (Å²) in [6, 6.07) is 7.83. The summed E-state index contributed by atoms with van der Waals surface area (Å²) in [4.78, 5) is 9.08. The molecule has 5 heteroatoms. The van der Waals surface area contributed by atoms with Gasteiger partial charge < -0.3 is 10.1 Å². The minimum atomic E-state index is 0.664. The van der Waals surface area contributed by atoms with Crippen LogP contribution in [0.15, 0.2) is 28.7 Å². The van der Waals surface area contributed by atoms with Gasteiger partial charge in [0.05, 0.1) is 16.8 Å². The van der Waals surface area contributed by atoms with Gasteiger partial charge in [0.2, 0.25) is 0 Å². The van der Waals surface area contributed by atoms with Crippen molar-refractivity contribution in [2.24, 2.45) is 0 Å². The Hall–Kier alpha value is -1.62. The Morgan fingerprint density at radius 1 is 1.15 bits per heavy atom. The molecule has 0 aliphatic rings. The average Bonchev–Trinajstić information content (AvgIpc) is 2.45. The van der Waals surface area contributed by atoms with Gasteiger partial charge in [-0.2, -0.15) is 0 Å². The molecular weight excluding hydrogens is 318 g/mol. The second kappa shape index (κ2) is 6.70. The molecule has 4 nitrogen and oxygen atoms in total. The predicted molar refractivity (Wildman–Crippen MR) is 85.2 cm³/mol. The number of halogens is 1. The van der Waals surface area contributed by atoms with Crippen LogP contribution in [0.1, 0.15) is 19.5 Å². The molecule has 0 saturated heterocycles. The minimum absolute atomic E-state index is 0.664. The van der Waals surface area contributed by atoms with Crippen molar-refractivity contribution >= 4 is 21.7 Å². The minimum Gasteiger partial charge on any atom is -0.494 e. The van der Waals surface area contributed by atoms with Crippen molar-refractivity contribution in [3.8, 4) is 17.1 Å². The zero-order chi connectivity index (χ0) is 14.5. The van der Waals surface area contributed by atoms with Gasteiger partial charge in [0, 0.05) is 12.1 Å². The Labute approximate surface area is 127 Å². The Morgan fingerprint density at radius 2 is 1.85 bits per heavy atom. The standard InChI is InChI=1S/C15H18BrN3O/c1-4-17-15-13(16)10(3)18-14(19-15)11-6-8-12(9-7-11)20-5-2/h6-9H,4-5H2,1-3H3,(H,17,18,19). The summed E-state index contributed by atoms with van der Waals surface area (Å²) in [5, 5.41) is 3.24. The Bertz CT molecular complexity index is 584. The van der Waals surface area contributed by atoms with E-state index in [1.165, 1.54) is 0 Å². The number of hydrogen-bond donors (Lipinski definition) is 1. The summed E-state index contributed by atoms with van der Waals surface area (Å²) in [6.07, 6.45) is 0. The monoisotopic (exact) mass is 335 g/mol. The van der Waals surface area contributed by atoms with Crippen LogP contribution in [0.5, 0.6) is 5.75 Å². The fourth-order valence-electron chi connectivity index (χ4n) is 1.84. The number of nitrogens with zero attached hydrogens (tertiary/aromatic N) is 2. The molecule has 1 N–H and O–H groups in total. The quantitative estimate of drug-likeness (QED) is 0.895. The summed E-state index contributed by atoms with van der Waals surface area (Å²) < 4.78 is 6.35. The van der Waals surface area contributed by atoms with Crippen LogP contribution in [0.25, 0.3) is 11.4 Å². The van der Waals surface area contributed by atoms with Crippen LogP contribution in [-0.4, -0.2) is 23.1 Å². The molecule has 0 spiro atoms. The fraction of sp³-hybridized carbons (Fsp3) is 0.333. The lowest BCUT2D eigenvalue weighted by Gasteiger charge is -2.10. The molecule has 0 aliphatic heterocycles. The maximum atomic E-state index is 5.44. The number of nitrogens with one attached hydrogen (secondary N) is 1. The molecule has 0 unspecified atom stereocenters. The Kier molecular flexibility index (Phi) is 4.95. The van der Waals surface area contributed by atoms with Gasteiger partial charge in [-0.1, -0.05) is 0 Å². The van der Waals surface area contributed by atoms with E-state index < -0.39 is 0 Å². The average molecular weight is 336 g/mol. The predicted octanol–water partition coefficient (Wildman–Crippen LogP) is 4.05. The van der Waals surface area contributed by atoms with Crippen LogP contribution < -0.4 is 10.1 Å². The lowest BCUT2D eigenvalue weighted by Crippen LogP contribution is -2.04. The number of hydrogen-bond acceptors (Lipinski definition) is 4. The normalized spacial score (nSPS) is 10.4. The van der Waals surface area contributed by atoms with Crippen LogP contribution in [0.4, 0.5) is 5.82 Å². The number of aromatic nitrogens is 2. The second-order valence-electron chi connectivity index (χ2n) is 4.28. The zero-order valence-electron chi connectivity index (χ0n) is 11.9. The molecule has 1 aromatic carbocycles. The molecule has 0 saturated carbocycles. The van der Waals surface area contributed by atoms with Crippen LogP contribution in [-0.2, 0) is 0 Å². The summed E-state index contributed by atoms with van der Waals surface area (Å²) in [5.74, 6) is 2.39. The molecule has 0 fully saturated rings. The molecule has 1 heterocycles. The summed E-state index contributed by atoms with van der Waals surface area (Å²) >= 11 is 3.51. The van der Waals surface area contributed by atoms with Crippen molar-refractivity contribution in [2.45, 2.75) is 20.8 Å². The molecule has 1 aromatic heterocycles. The van der Waals surface area contributed by atoms with Crippen LogP contribution >= 0.6 is 15.9 Å². The van der Waals surface area contributed by atoms with E-state index >= 15 is 0 Å². The molecule has 0 atom stereocenters. The molecule has 20 heavy (non-hydrogen) atoms. The maximum absolute atomic E-state index is 5.44. The molecule has 2 aromatic rings. The van der Waals surface area contributed by atoms with Crippen molar-refractivity contribution < 1.29 is 4.74 Å². The van der Waals surface area contributed by atoms with E-state index in [0.29, 0.717) is 12.4 Å². The highest BCUT2D eigenvalue weighted by Crippen LogP contribution is 2.27. The Morgan fingerprint density at radius 3 is 2.45 bits per heavy atom. The lowest BCUT2D eigenvalue weighted by molar-refractivity contribution is 0.340. The van der Waals surface area contributed by atoms with E-state index in [1.807, 2.05) is 45.0 Å². The molecule has 0 bridgehead atoms. The first kappa shape index (κ1) is 14.8. The molecule has 106 valence electrons. The number of benzene rings is 1. The van der Waals surface area contributed by atoms with E-state index in [9.17, 15) is 0 Å². The molecule has 0 radical (unpaired) electrons. The first-order valence-corrected chi connectivity index (χ1v) is 7.46. The third-order valence-electron chi connectivity index (χ3n) is 2.78. The number of anilines is 1. The van der Waals surface area contributed by atoms with E-state index in [-0.39, 0.29) is 0 Å². The molecule has 2 rings (SSSR count). The van der Waals surface area contributed by atoms with Crippen molar-refractivity contribution in [3.63, 3.8) is 0 Å². The zero-order valence-corrected chi connectivity index (χ0v) is 13.5. The third-order valence-corrected chi connectivity index (χ3v) is 3.73. The first-order valence-electron chi connectivity index (χ1n) is 6.67. The topological polar surface area (TPSA) is 47.0 Å². The highest BCUT2D eigenvalue weighted by molar-refractivity contribution is 9.10. The highest BCUT2D eigenvalue weighted by Gasteiger charge is 2.10. The van der Waals surface area contributed by atoms with Gasteiger partial charge in [0.1, 0.15) is 11.6 Å². The van der Waals surface area contributed by atoms with Crippen molar-refractivity contribution in [1.29, 1.82) is 0 Å². The van der Waals surface area contributed by atoms with Gasteiger partial charge in [-0.05, 0) is 61.0 Å². The summed E-state index contributed by atoms with van der Waals surface area (Å²) in [7, 11) is 0. The smallest absolute Gasteiger partial charge is 0.161 e. The van der Waals surface area contributed by atoms with E-state index in [1.54, 1.807) is 0 Å². The number of ether oxygens (including phenoxy) is 1. The van der Waals surface area contributed by atoms with Crippen molar-refractivity contribution in [2.75, 3.05) is 18.5 Å². The maximum Gasteiger partial charge on any atom is 0.161 e. The first-order chi connectivity index (χ1) is 9.65. The second-order valence-corrected chi connectivity index (χ2v) is 5.08. The van der Waals surface area contributed by atoms with E-state index in [2.05, 4.69) is 31.2 Å². The van der Waals surface area contributed by atoms with E-state index in [4.69, 9.17) is 4.74 Å². The van der Waals surface area contributed by atoms with Gasteiger partial charge in [-0.15, -0.1) is 0 Å². The van der Waals surface area contributed by atoms with Gasteiger partial charge in [-0.25, -0.2) is 9.97 Å². The Balaban J connectivity index is 2.36. The highest BCUT2D eigenvalue weighted by atomic mass is 79.9. The largest absolute Gasteiger partial charge is 0.494 e. The number of aryl methyl sites for hydroxylation is 1. The third kappa shape index (κ3) is 3.28. The van der Waals surface area contributed by atoms with Crippen LogP contribution in [0.2, 0.25) is 0 Å². The molecule has 0 amide bonds. The van der Waals surface area contributed by atoms with Gasteiger partial charge in [0.15, 0.2) is 5.82 Å². The number of rotatable bonds is 5. The van der Waals surface area contributed by atoms with Gasteiger partial charge >= 0.3 is 0 Å². The molecular formula is C15H18BrN3O. The van der Waals surface area contributed by atoms with Crippen molar-refractivity contribution in [1.82, 2.24) is 9.97 Å². The van der Waals surface area contributed by atoms with E-state index in [0.717, 1.165) is 33.8 Å². The summed E-state index contributed by atoms with van der Waals surface area (Å²) in [5.41, 5.74) is 1.89. The SMILES string of the molecule is CCNc1nc(-c2ccc(OCC)cc2)nc(C)c1Br. The van der Waals surface area contributed by atoms with Gasteiger partial charge in [-0.3, -0.25) is 0 Å². The lowest BCUT2D eigenvalue weighted by atomic mass is 10.2. The molecule has 0 aliphatic carbocycles. The van der Waals surface area contributed by atoms with Crippen molar-refractivity contribution in [3.05, 3.63) is 34.4 Å². The van der Waals surface area contributed by atoms with Crippen LogP contribution in [0.3, 0.4) is 0 Å². The van der Waals surface area contributed by atoms with Crippen LogP contribution in [0, 0.1) is 6.92 Å². The fourth-order valence-corrected chi connectivity index (χ4v) is 2.16. The van der Waals surface area contributed by atoms with Gasteiger partial charge in [0.25, 0.3) is 0 Å². The summed E-state index contributed by atoms with van der Waals surface area (Å²) in [6.45, 7) is 7.46.